The summed E-state index contributed by atoms with van der Waals surface area (Å²) in [4.78, 5) is 12.1. The van der Waals surface area contributed by atoms with E-state index in [0.717, 1.165) is 17.8 Å². The molecule has 0 aromatic heterocycles. The first-order valence-electron chi connectivity index (χ1n) is 9.81. The van der Waals surface area contributed by atoms with Crippen molar-refractivity contribution in [1.82, 2.24) is 5.32 Å². The summed E-state index contributed by atoms with van der Waals surface area (Å²) in [5, 5.41) is 2.90. The topological polar surface area (TPSA) is 75.7 Å². The lowest BCUT2D eigenvalue weighted by molar-refractivity contribution is -0.121. The fourth-order valence-corrected chi connectivity index (χ4v) is 4.74. The number of nitrogens with zero attached hydrogens (tertiary/aromatic N) is 1. The first kappa shape index (κ1) is 24.1. The zero-order valence-electron chi connectivity index (χ0n) is 17.8. The normalized spacial score (nSPS) is 11.2. The van der Waals surface area contributed by atoms with E-state index in [1.54, 1.807) is 36.0 Å². The Bertz CT molecular complexity index is 932. The van der Waals surface area contributed by atoms with Crippen LogP contribution in [-0.4, -0.2) is 46.5 Å². The molecular formula is C22H30N2O4S2. The van der Waals surface area contributed by atoms with Crippen molar-refractivity contribution in [2.24, 2.45) is 0 Å². The highest BCUT2D eigenvalue weighted by atomic mass is 32.2. The molecule has 0 aliphatic carbocycles. The molecule has 8 heteroatoms. The molecule has 0 atom stereocenters. The lowest BCUT2D eigenvalue weighted by Crippen LogP contribution is -2.32. The number of nitrogens with one attached hydrogen (secondary N) is 1. The van der Waals surface area contributed by atoms with Gasteiger partial charge in [0.15, 0.2) is 0 Å². The van der Waals surface area contributed by atoms with E-state index in [1.807, 2.05) is 0 Å². The average molecular weight is 451 g/mol. The zero-order chi connectivity index (χ0) is 22.0. The van der Waals surface area contributed by atoms with E-state index in [4.69, 9.17) is 4.74 Å². The van der Waals surface area contributed by atoms with Crippen molar-refractivity contribution in [3.8, 4) is 5.75 Å². The SMILES string of the molecule is COc1cccc(N(CCCC(=O)NCCSCc2cccc(C)c2)S(C)(=O)=O)c1. The molecule has 0 saturated heterocycles. The second-order valence-electron chi connectivity index (χ2n) is 7.03. The molecule has 1 N–H and O–H groups in total. The smallest absolute Gasteiger partial charge is 0.232 e. The number of methoxy groups -OCH3 is 1. The zero-order valence-corrected chi connectivity index (χ0v) is 19.4. The summed E-state index contributed by atoms with van der Waals surface area (Å²) in [5.74, 6) is 2.27. The lowest BCUT2D eigenvalue weighted by Gasteiger charge is -2.22. The van der Waals surface area contributed by atoms with Crippen LogP contribution in [-0.2, 0) is 20.6 Å². The van der Waals surface area contributed by atoms with E-state index in [1.165, 1.54) is 22.5 Å². The third-order valence-corrected chi connectivity index (χ3v) is 6.65. The fraction of sp³-hybridized carbons (Fsp3) is 0.409. The predicted octanol–water partition coefficient (Wildman–Crippen LogP) is 3.60. The number of rotatable bonds is 12. The van der Waals surface area contributed by atoms with Crippen molar-refractivity contribution in [3.63, 3.8) is 0 Å². The summed E-state index contributed by atoms with van der Waals surface area (Å²) in [6.07, 6.45) is 1.88. The molecule has 2 rings (SSSR count). The van der Waals surface area contributed by atoms with Crippen LogP contribution in [0.1, 0.15) is 24.0 Å². The van der Waals surface area contributed by atoms with Gasteiger partial charge in [0.05, 0.1) is 19.1 Å². The number of aryl methyl sites for hydroxylation is 1. The van der Waals surface area contributed by atoms with Gasteiger partial charge in [-0.05, 0) is 31.0 Å². The molecule has 30 heavy (non-hydrogen) atoms. The van der Waals surface area contributed by atoms with E-state index in [0.29, 0.717) is 24.4 Å². The molecule has 0 aliphatic rings. The molecule has 0 saturated carbocycles. The molecule has 0 bridgehead atoms. The van der Waals surface area contributed by atoms with E-state index in [9.17, 15) is 13.2 Å². The van der Waals surface area contributed by atoms with Gasteiger partial charge in [-0.2, -0.15) is 11.8 Å². The van der Waals surface area contributed by atoms with Crippen LogP contribution in [0.15, 0.2) is 48.5 Å². The third kappa shape index (κ3) is 8.28. The summed E-state index contributed by atoms with van der Waals surface area (Å²) in [6, 6.07) is 15.3. The number of carbonyl (C=O) groups excluding carboxylic acids is 1. The molecule has 0 unspecified atom stereocenters. The number of anilines is 1. The molecule has 6 nitrogen and oxygen atoms in total. The minimum Gasteiger partial charge on any atom is -0.497 e. The van der Waals surface area contributed by atoms with Crippen molar-refractivity contribution in [2.75, 3.05) is 36.5 Å². The summed E-state index contributed by atoms with van der Waals surface area (Å²) < 4.78 is 30.8. The highest BCUT2D eigenvalue weighted by molar-refractivity contribution is 7.98. The van der Waals surface area contributed by atoms with Gasteiger partial charge in [0.25, 0.3) is 0 Å². The Morgan fingerprint density at radius 2 is 1.93 bits per heavy atom. The fourth-order valence-electron chi connectivity index (χ4n) is 2.98. The first-order valence-corrected chi connectivity index (χ1v) is 12.8. The van der Waals surface area contributed by atoms with Gasteiger partial charge in [0, 0.05) is 37.1 Å². The van der Waals surface area contributed by atoms with Crippen molar-refractivity contribution < 1.29 is 17.9 Å². The maximum absolute atomic E-state index is 12.2. The number of benzene rings is 2. The number of amides is 1. The summed E-state index contributed by atoms with van der Waals surface area (Å²) >= 11 is 1.78. The standard InChI is InChI=1S/C22H30N2O4S2/c1-18-7-4-8-19(15-18)17-29-14-12-23-22(25)11-6-13-24(30(3,26)27)20-9-5-10-21(16-20)28-2/h4-5,7-10,15-16H,6,11-14,17H2,1-3H3,(H,23,25). The van der Waals surface area contributed by atoms with Gasteiger partial charge in [-0.3, -0.25) is 9.10 Å². The van der Waals surface area contributed by atoms with Crippen LogP contribution in [0.5, 0.6) is 5.75 Å². The van der Waals surface area contributed by atoms with E-state index in [2.05, 4.69) is 36.5 Å². The van der Waals surface area contributed by atoms with Crippen LogP contribution in [0.3, 0.4) is 0 Å². The summed E-state index contributed by atoms with van der Waals surface area (Å²) in [6.45, 7) is 2.91. The Morgan fingerprint density at radius 3 is 2.63 bits per heavy atom. The molecule has 0 fully saturated rings. The first-order chi connectivity index (χ1) is 14.3. The molecule has 0 heterocycles. The van der Waals surface area contributed by atoms with Crippen LogP contribution in [0.4, 0.5) is 5.69 Å². The van der Waals surface area contributed by atoms with Crippen LogP contribution in [0.25, 0.3) is 0 Å². The van der Waals surface area contributed by atoms with E-state index in [-0.39, 0.29) is 18.9 Å². The number of hydrogen-bond acceptors (Lipinski definition) is 5. The summed E-state index contributed by atoms with van der Waals surface area (Å²) in [7, 11) is -1.92. The number of ether oxygens (including phenoxy) is 1. The molecule has 0 radical (unpaired) electrons. The Hall–Kier alpha value is -2.19. The van der Waals surface area contributed by atoms with Gasteiger partial charge in [0.2, 0.25) is 15.9 Å². The Kier molecular flexibility index (Phi) is 9.52. The molecule has 1 amide bonds. The van der Waals surface area contributed by atoms with Crippen molar-refractivity contribution in [2.45, 2.75) is 25.5 Å². The van der Waals surface area contributed by atoms with Gasteiger partial charge >= 0.3 is 0 Å². The Labute approximate surface area is 184 Å². The molecule has 164 valence electrons. The van der Waals surface area contributed by atoms with Crippen LogP contribution in [0.2, 0.25) is 0 Å². The molecule has 2 aromatic carbocycles. The minimum atomic E-state index is -3.45. The minimum absolute atomic E-state index is 0.0646. The van der Waals surface area contributed by atoms with Crippen LogP contribution in [0, 0.1) is 6.92 Å². The molecular weight excluding hydrogens is 420 g/mol. The number of carbonyl (C=O) groups is 1. The largest absolute Gasteiger partial charge is 0.497 e. The van der Waals surface area contributed by atoms with Crippen molar-refractivity contribution in [3.05, 3.63) is 59.7 Å². The van der Waals surface area contributed by atoms with Gasteiger partial charge < -0.3 is 10.1 Å². The number of hydrogen-bond donors (Lipinski definition) is 1. The van der Waals surface area contributed by atoms with Gasteiger partial charge in [-0.1, -0.05) is 35.9 Å². The quantitative estimate of drug-likeness (QED) is 0.500. The Balaban J connectivity index is 1.72. The van der Waals surface area contributed by atoms with Crippen LogP contribution < -0.4 is 14.4 Å². The monoisotopic (exact) mass is 450 g/mol. The van der Waals surface area contributed by atoms with Gasteiger partial charge in [-0.25, -0.2) is 8.42 Å². The third-order valence-electron chi connectivity index (χ3n) is 4.43. The van der Waals surface area contributed by atoms with Crippen molar-refractivity contribution in [1.29, 1.82) is 0 Å². The second-order valence-corrected chi connectivity index (χ2v) is 10.0. The second kappa shape index (κ2) is 11.9. The van der Waals surface area contributed by atoms with Gasteiger partial charge in [0.1, 0.15) is 5.75 Å². The van der Waals surface area contributed by atoms with Crippen LogP contribution >= 0.6 is 11.8 Å². The average Bonchev–Trinajstić information content (AvgIpc) is 2.70. The highest BCUT2D eigenvalue weighted by Crippen LogP contribution is 2.23. The number of sulfonamides is 1. The molecule has 2 aromatic rings. The number of thioether (sulfide) groups is 1. The maximum atomic E-state index is 12.2. The van der Waals surface area contributed by atoms with E-state index >= 15 is 0 Å². The van der Waals surface area contributed by atoms with Gasteiger partial charge in [-0.15, -0.1) is 0 Å². The molecule has 0 spiro atoms. The lowest BCUT2D eigenvalue weighted by atomic mass is 10.2. The van der Waals surface area contributed by atoms with Crippen molar-refractivity contribution >= 4 is 33.4 Å². The highest BCUT2D eigenvalue weighted by Gasteiger charge is 2.18. The predicted molar refractivity (Wildman–Crippen MR) is 125 cm³/mol. The summed E-state index contributed by atoms with van der Waals surface area (Å²) in [5.41, 5.74) is 3.06. The molecule has 0 aliphatic heterocycles. The van der Waals surface area contributed by atoms with E-state index < -0.39 is 10.0 Å². The Morgan fingerprint density at radius 1 is 1.17 bits per heavy atom. The maximum Gasteiger partial charge on any atom is 0.232 e.